The second-order valence-electron chi connectivity index (χ2n) is 4.41. The van der Waals surface area contributed by atoms with E-state index in [4.69, 9.17) is 5.73 Å². The lowest BCUT2D eigenvalue weighted by molar-refractivity contribution is 0.523. The van der Waals surface area contributed by atoms with Crippen LogP contribution in [-0.4, -0.2) is 24.6 Å². The lowest BCUT2D eigenvalue weighted by Gasteiger charge is -2.16. The van der Waals surface area contributed by atoms with Crippen LogP contribution in [0.25, 0.3) is 0 Å². The molecule has 14 heavy (non-hydrogen) atoms. The Morgan fingerprint density at radius 2 is 2.36 bits per heavy atom. The fraction of sp³-hybridized carbons (Fsp3) is 0.700. The maximum absolute atomic E-state index is 5.94. The maximum atomic E-state index is 5.94. The van der Waals surface area contributed by atoms with Crippen LogP contribution in [0.15, 0.2) is 5.38 Å². The van der Waals surface area contributed by atoms with Crippen molar-refractivity contribution in [3.63, 3.8) is 0 Å². The number of nitrogens with zero attached hydrogens (tertiary/aromatic N) is 1. The summed E-state index contributed by atoms with van der Waals surface area (Å²) in [5, 5.41) is 6.81. The van der Waals surface area contributed by atoms with E-state index in [0.717, 1.165) is 37.2 Å². The van der Waals surface area contributed by atoms with Crippen molar-refractivity contribution in [3.8, 4) is 0 Å². The van der Waals surface area contributed by atoms with E-state index >= 15 is 0 Å². The number of hydrogen-bond donors (Lipinski definition) is 2. The highest BCUT2D eigenvalue weighted by molar-refractivity contribution is 7.09. The van der Waals surface area contributed by atoms with Crippen molar-refractivity contribution in [1.29, 1.82) is 0 Å². The zero-order chi connectivity index (χ0) is 9.76. The molecular weight excluding hydrogens is 194 g/mol. The molecular formula is C10H15N3S. The molecule has 1 aliphatic heterocycles. The van der Waals surface area contributed by atoms with Gasteiger partial charge in [0.1, 0.15) is 5.01 Å². The number of rotatable bonds is 2. The first-order valence-corrected chi connectivity index (χ1v) is 6.00. The largest absolute Gasteiger partial charge is 0.329 e. The van der Waals surface area contributed by atoms with Crippen LogP contribution in [0.1, 0.15) is 10.7 Å². The average molecular weight is 209 g/mol. The first-order chi connectivity index (χ1) is 6.79. The molecule has 0 bridgehead atoms. The summed E-state index contributed by atoms with van der Waals surface area (Å²) in [6.45, 7) is 5.07. The Morgan fingerprint density at radius 1 is 1.64 bits per heavy atom. The minimum atomic E-state index is 0.240. The van der Waals surface area contributed by atoms with Crippen molar-refractivity contribution in [2.24, 2.45) is 17.6 Å². The molecule has 3 nitrogen and oxygen atoms in total. The fourth-order valence-corrected chi connectivity index (χ4v) is 4.06. The van der Waals surface area contributed by atoms with Gasteiger partial charge in [-0.05, 0) is 31.8 Å². The van der Waals surface area contributed by atoms with Crippen molar-refractivity contribution in [3.05, 3.63) is 16.1 Å². The molecule has 3 N–H and O–H groups in total. The smallest absolute Gasteiger partial charge is 0.101 e. The van der Waals surface area contributed by atoms with Crippen molar-refractivity contribution in [1.82, 2.24) is 10.3 Å². The Morgan fingerprint density at radius 3 is 2.86 bits per heavy atom. The van der Waals surface area contributed by atoms with Gasteiger partial charge in [-0.15, -0.1) is 11.3 Å². The van der Waals surface area contributed by atoms with Gasteiger partial charge in [-0.1, -0.05) is 0 Å². The number of nitrogens with two attached hydrogens (primary N) is 1. The van der Waals surface area contributed by atoms with E-state index in [1.807, 2.05) is 0 Å². The molecule has 0 spiro atoms. The number of thiazole rings is 1. The minimum absolute atomic E-state index is 0.240. The molecule has 0 radical (unpaired) electrons. The van der Waals surface area contributed by atoms with Gasteiger partial charge < -0.3 is 11.1 Å². The van der Waals surface area contributed by atoms with Crippen molar-refractivity contribution >= 4 is 11.3 Å². The second kappa shape index (κ2) is 2.78. The van der Waals surface area contributed by atoms with Gasteiger partial charge in [0.2, 0.25) is 0 Å². The Bertz CT molecular complexity index is 350. The Kier molecular flexibility index (Phi) is 1.75. The minimum Gasteiger partial charge on any atom is -0.329 e. The van der Waals surface area contributed by atoms with E-state index in [-0.39, 0.29) is 5.41 Å². The number of nitrogens with one attached hydrogen (secondary N) is 1. The first-order valence-electron chi connectivity index (χ1n) is 5.12. The van der Waals surface area contributed by atoms with Crippen LogP contribution in [0.3, 0.4) is 0 Å². The molecule has 1 saturated carbocycles. The number of aromatic nitrogens is 1. The molecule has 3 rings (SSSR count). The number of piperidine rings is 1. The summed E-state index contributed by atoms with van der Waals surface area (Å²) >= 11 is 1.78. The van der Waals surface area contributed by atoms with E-state index in [1.165, 1.54) is 5.01 Å². The maximum Gasteiger partial charge on any atom is 0.101 e. The number of aryl methyl sites for hydroxylation is 1. The molecule has 2 heterocycles. The molecule has 2 aliphatic rings. The first kappa shape index (κ1) is 8.83. The third-order valence-corrected chi connectivity index (χ3v) is 4.94. The highest BCUT2D eigenvalue weighted by Crippen LogP contribution is 2.61. The van der Waals surface area contributed by atoms with E-state index in [9.17, 15) is 0 Å². The van der Waals surface area contributed by atoms with E-state index in [0.29, 0.717) is 0 Å². The van der Waals surface area contributed by atoms with Gasteiger partial charge in [-0.25, -0.2) is 4.98 Å². The fourth-order valence-electron chi connectivity index (χ4n) is 2.92. The van der Waals surface area contributed by atoms with Crippen LogP contribution in [-0.2, 0) is 5.41 Å². The van der Waals surface area contributed by atoms with Crippen LogP contribution in [0.2, 0.25) is 0 Å². The van der Waals surface area contributed by atoms with Gasteiger partial charge in [0.15, 0.2) is 0 Å². The monoisotopic (exact) mass is 209 g/mol. The van der Waals surface area contributed by atoms with E-state index < -0.39 is 0 Å². The van der Waals surface area contributed by atoms with Crippen LogP contribution in [0, 0.1) is 18.8 Å². The molecule has 1 aromatic heterocycles. The van der Waals surface area contributed by atoms with Crippen LogP contribution in [0.5, 0.6) is 0 Å². The van der Waals surface area contributed by atoms with E-state index in [2.05, 4.69) is 22.6 Å². The van der Waals surface area contributed by atoms with E-state index in [1.54, 1.807) is 11.3 Å². The highest BCUT2D eigenvalue weighted by Gasteiger charge is 2.67. The Labute approximate surface area is 87.7 Å². The summed E-state index contributed by atoms with van der Waals surface area (Å²) in [5.74, 6) is 1.50. The average Bonchev–Trinajstić information content (AvgIpc) is 2.66. The third kappa shape index (κ3) is 0.912. The van der Waals surface area contributed by atoms with Gasteiger partial charge in [0, 0.05) is 23.0 Å². The summed E-state index contributed by atoms with van der Waals surface area (Å²) in [6.07, 6.45) is 0. The second-order valence-corrected chi connectivity index (χ2v) is 5.27. The molecule has 0 aromatic carbocycles. The van der Waals surface area contributed by atoms with Crippen LogP contribution in [0.4, 0.5) is 0 Å². The van der Waals surface area contributed by atoms with Crippen molar-refractivity contribution in [2.45, 2.75) is 12.3 Å². The quantitative estimate of drug-likeness (QED) is 0.745. The van der Waals surface area contributed by atoms with Gasteiger partial charge in [0.05, 0.1) is 0 Å². The number of fused-ring (bicyclic) bond motifs is 1. The van der Waals surface area contributed by atoms with Gasteiger partial charge in [-0.3, -0.25) is 0 Å². The lowest BCUT2D eigenvalue weighted by Crippen LogP contribution is -2.31. The lowest BCUT2D eigenvalue weighted by atomic mass is 10.0. The third-order valence-electron chi connectivity index (χ3n) is 3.78. The molecule has 2 fully saturated rings. The van der Waals surface area contributed by atoms with Crippen molar-refractivity contribution < 1.29 is 0 Å². The van der Waals surface area contributed by atoms with Gasteiger partial charge in [-0.2, -0.15) is 0 Å². The zero-order valence-electron chi connectivity index (χ0n) is 8.29. The molecule has 1 aliphatic carbocycles. The predicted molar refractivity (Wildman–Crippen MR) is 57.4 cm³/mol. The Hall–Kier alpha value is -0.450. The summed E-state index contributed by atoms with van der Waals surface area (Å²) < 4.78 is 0. The zero-order valence-corrected chi connectivity index (χ0v) is 9.10. The summed E-state index contributed by atoms with van der Waals surface area (Å²) in [7, 11) is 0. The summed E-state index contributed by atoms with van der Waals surface area (Å²) in [6, 6.07) is 0. The molecule has 76 valence electrons. The SMILES string of the molecule is Cc1csc(C2(CN)C3CNCC32)n1. The summed E-state index contributed by atoms with van der Waals surface area (Å²) in [4.78, 5) is 4.61. The molecule has 0 amide bonds. The van der Waals surface area contributed by atoms with Crippen LogP contribution < -0.4 is 11.1 Å². The predicted octanol–water partition coefficient (Wildman–Crippen LogP) is 0.497. The molecule has 1 aromatic rings. The van der Waals surface area contributed by atoms with Gasteiger partial charge in [0.25, 0.3) is 0 Å². The van der Waals surface area contributed by atoms with Gasteiger partial charge >= 0.3 is 0 Å². The standard InChI is InChI=1S/C10H15N3S/c1-6-4-14-9(13-6)10(5-11)7-2-12-3-8(7)10/h4,7-8,12H,2-3,5,11H2,1H3. The molecule has 2 unspecified atom stereocenters. The normalized spacial score (nSPS) is 39.9. The molecule has 2 atom stereocenters. The highest BCUT2D eigenvalue weighted by atomic mass is 32.1. The van der Waals surface area contributed by atoms with Crippen LogP contribution >= 0.6 is 11.3 Å². The molecule has 4 heteroatoms. The molecule has 1 saturated heterocycles. The van der Waals surface area contributed by atoms with Crippen molar-refractivity contribution in [2.75, 3.05) is 19.6 Å². The topological polar surface area (TPSA) is 50.9 Å². The summed E-state index contributed by atoms with van der Waals surface area (Å²) in [5.41, 5.74) is 7.31. The number of hydrogen-bond acceptors (Lipinski definition) is 4. The Balaban J connectivity index is 1.96.